The Bertz CT molecular complexity index is 1240. The Morgan fingerprint density at radius 1 is 1.22 bits per heavy atom. The molecule has 1 aliphatic heterocycles. The first kappa shape index (κ1) is 26.3. The fraction of sp³-hybridized carbons (Fsp3) is 0.440. The molecule has 0 bridgehead atoms. The number of aliphatic imine (C=N–C) groups is 1. The number of halogens is 2. The Hall–Kier alpha value is -3.80. The van der Waals surface area contributed by atoms with Crippen molar-refractivity contribution in [2.45, 2.75) is 51.3 Å². The van der Waals surface area contributed by atoms with Crippen molar-refractivity contribution in [3.63, 3.8) is 0 Å². The minimum absolute atomic E-state index is 0.0712. The van der Waals surface area contributed by atoms with Crippen molar-refractivity contribution in [1.82, 2.24) is 4.98 Å². The normalized spacial score (nSPS) is 23.7. The van der Waals surface area contributed by atoms with Crippen molar-refractivity contribution >= 4 is 18.2 Å². The number of benzene rings is 1. The Balaban J connectivity index is 1.68. The van der Waals surface area contributed by atoms with Gasteiger partial charge in [0.15, 0.2) is 17.0 Å². The zero-order valence-electron chi connectivity index (χ0n) is 20.2. The van der Waals surface area contributed by atoms with Crippen molar-refractivity contribution in [2.75, 3.05) is 6.61 Å². The lowest BCUT2D eigenvalue weighted by atomic mass is 9.82. The van der Waals surface area contributed by atoms with Crippen molar-refractivity contribution in [2.24, 2.45) is 22.1 Å². The molecule has 2 unspecified atom stereocenters. The fourth-order valence-electron chi connectivity index (χ4n) is 3.74. The zero-order chi connectivity index (χ0) is 27.0. The van der Waals surface area contributed by atoms with Gasteiger partial charge in [-0.3, -0.25) is 9.79 Å². The van der Waals surface area contributed by atoms with Gasteiger partial charge >= 0.3 is 18.6 Å². The summed E-state index contributed by atoms with van der Waals surface area (Å²) in [7, 11) is 0. The van der Waals surface area contributed by atoms with Crippen LogP contribution in [-0.2, 0) is 16.0 Å². The molecule has 0 amide bonds. The van der Waals surface area contributed by atoms with E-state index in [0.29, 0.717) is 18.1 Å². The average molecular weight is 520 g/mol. The van der Waals surface area contributed by atoms with Crippen LogP contribution in [-0.4, -0.2) is 52.1 Å². The third-order valence-corrected chi connectivity index (χ3v) is 6.26. The molecule has 10 nitrogen and oxygen atoms in total. The van der Waals surface area contributed by atoms with Gasteiger partial charge in [0.1, 0.15) is 11.2 Å². The maximum absolute atomic E-state index is 12.9. The molecule has 1 aliphatic carbocycles. The third-order valence-electron chi connectivity index (χ3n) is 6.26. The van der Waals surface area contributed by atoms with Gasteiger partial charge in [-0.15, -0.1) is 0 Å². The minimum Gasteiger partial charge on any atom is -0.489 e. The molecule has 1 saturated carbocycles. The van der Waals surface area contributed by atoms with Crippen LogP contribution in [0.4, 0.5) is 8.78 Å². The molecule has 2 aliphatic rings. The van der Waals surface area contributed by atoms with Gasteiger partial charge in [-0.2, -0.15) is 8.78 Å². The van der Waals surface area contributed by atoms with Crippen LogP contribution < -0.4 is 15.2 Å². The summed E-state index contributed by atoms with van der Waals surface area (Å²) in [6, 6.07) is 3.57. The Morgan fingerprint density at radius 3 is 2.49 bits per heavy atom. The largest absolute Gasteiger partial charge is 0.489 e. The summed E-state index contributed by atoms with van der Waals surface area (Å²) < 4.78 is 41.9. The molecule has 2 heterocycles. The van der Waals surface area contributed by atoms with Crippen molar-refractivity contribution < 1.29 is 42.5 Å². The van der Waals surface area contributed by atoms with Crippen molar-refractivity contribution in [3.8, 4) is 23.0 Å². The van der Waals surface area contributed by atoms with Crippen LogP contribution in [0.5, 0.6) is 11.5 Å². The van der Waals surface area contributed by atoms with E-state index in [1.807, 2.05) is 0 Å². The number of alkyl halides is 2. The molecule has 198 valence electrons. The highest BCUT2D eigenvalue weighted by molar-refractivity contribution is 5.99. The molecule has 37 heavy (non-hydrogen) atoms. The number of ether oxygens (including phenoxy) is 2. The average Bonchev–Trinajstić information content (AvgIpc) is 3.57. The second kappa shape index (κ2) is 9.92. The summed E-state index contributed by atoms with van der Waals surface area (Å²) >= 11 is 0. The quantitative estimate of drug-likeness (QED) is 0.375. The highest BCUT2D eigenvalue weighted by Crippen LogP contribution is 2.38. The topological polar surface area (TPSA) is 157 Å². The number of hydrogen-bond donors (Lipinski definition) is 3. The van der Waals surface area contributed by atoms with Crippen LogP contribution in [0.25, 0.3) is 11.5 Å². The van der Waals surface area contributed by atoms with Crippen LogP contribution in [0.1, 0.15) is 44.2 Å². The van der Waals surface area contributed by atoms with E-state index in [1.54, 1.807) is 6.92 Å². The minimum atomic E-state index is -3.04. The lowest BCUT2D eigenvalue weighted by molar-refractivity contribution is -0.143. The molecule has 0 radical (unpaired) electrons. The molecule has 0 saturated heterocycles. The van der Waals surface area contributed by atoms with Crippen LogP contribution in [0.2, 0.25) is 0 Å². The van der Waals surface area contributed by atoms with Gasteiger partial charge in [-0.1, -0.05) is 6.08 Å². The lowest BCUT2D eigenvalue weighted by Crippen LogP contribution is -2.43. The number of nitrogens with zero attached hydrogens (tertiary/aromatic N) is 2. The first-order valence-electron chi connectivity index (χ1n) is 11.6. The second-order valence-electron chi connectivity index (χ2n) is 9.50. The molecule has 1 fully saturated rings. The molecule has 4 N–H and O–H groups in total. The van der Waals surface area contributed by atoms with Gasteiger partial charge in [0, 0.05) is 18.2 Å². The van der Waals surface area contributed by atoms with E-state index in [0.717, 1.165) is 19.1 Å². The van der Waals surface area contributed by atoms with Crippen LogP contribution in [0.15, 0.2) is 39.8 Å². The molecule has 3 atom stereocenters. The number of hydrogen-bond acceptors (Lipinski definition) is 8. The zero-order valence-corrected chi connectivity index (χ0v) is 20.2. The van der Waals surface area contributed by atoms with E-state index >= 15 is 0 Å². The first-order valence-corrected chi connectivity index (χ1v) is 11.6. The maximum atomic E-state index is 12.9. The summed E-state index contributed by atoms with van der Waals surface area (Å²) in [4.78, 5) is 32.3. The van der Waals surface area contributed by atoms with Gasteiger partial charge in [-0.25, -0.2) is 9.78 Å². The summed E-state index contributed by atoms with van der Waals surface area (Å²) in [6.07, 6.45) is 5.32. The van der Waals surface area contributed by atoms with Gasteiger partial charge in [0.25, 0.3) is 0 Å². The Morgan fingerprint density at radius 2 is 1.95 bits per heavy atom. The van der Waals surface area contributed by atoms with E-state index in [9.17, 15) is 28.6 Å². The van der Waals surface area contributed by atoms with Crippen molar-refractivity contribution in [3.05, 3.63) is 41.8 Å². The highest BCUT2D eigenvalue weighted by Gasteiger charge is 2.43. The predicted molar refractivity (Wildman–Crippen MR) is 127 cm³/mol. The molecule has 12 heteroatoms. The van der Waals surface area contributed by atoms with E-state index in [1.165, 1.54) is 37.3 Å². The molecular formula is C25H27F2N3O7. The number of carbonyl (C=O) groups is 2. The molecule has 0 spiro atoms. The van der Waals surface area contributed by atoms with Gasteiger partial charge in [0.2, 0.25) is 5.89 Å². The third kappa shape index (κ3) is 5.63. The Labute approximate surface area is 210 Å². The summed E-state index contributed by atoms with van der Waals surface area (Å²) in [5, 5.41) is 19.4. The van der Waals surface area contributed by atoms with Gasteiger partial charge in [-0.05, 0) is 56.9 Å². The summed E-state index contributed by atoms with van der Waals surface area (Å²) in [5.74, 6) is -1.88. The number of carboxylic acids is 2. The van der Waals surface area contributed by atoms with Crippen LogP contribution in [0.3, 0.4) is 0 Å². The smallest absolute Gasteiger partial charge is 0.387 e. The molecule has 1 aromatic carbocycles. The monoisotopic (exact) mass is 519 g/mol. The number of dihydropyridines is 1. The first-order chi connectivity index (χ1) is 17.4. The van der Waals surface area contributed by atoms with E-state index in [2.05, 4.69) is 14.7 Å². The van der Waals surface area contributed by atoms with Crippen molar-refractivity contribution in [1.29, 1.82) is 0 Å². The molecule has 4 rings (SSSR count). The van der Waals surface area contributed by atoms with Gasteiger partial charge < -0.3 is 29.8 Å². The highest BCUT2D eigenvalue weighted by atomic mass is 19.3. The van der Waals surface area contributed by atoms with Gasteiger partial charge in [0.05, 0.1) is 18.3 Å². The fourth-order valence-corrected chi connectivity index (χ4v) is 3.74. The maximum Gasteiger partial charge on any atom is 0.387 e. The SMILES string of the molecule is CC(N)c1oc(-c2ccc(OC(F)F)c(OCC3CC3)c2)nc1C[C@@]1(C(=O)O)C=CC(C)(C(=O)O)C=N1. The standard InChI is InChI=1S/C25H27F2N3O7/c1-13(28)19-16(10-25(22(33)34)8-7-24(2,12-29-25)21(31)32)30-20(37-19)15-5-6-17(36-23(26)27)18(9-15)35-11-14-3-4-14/h5-9,12-14,23H,3-4,10-11,28H2,1-2H3,(H,31,32)(H,33,34)/t13?,24?,25-/m1/s1. The van der Waals surface area contributed by atoms with E-state index in [-0.39, 0.29) is 35.3 Å². The number of oxazole rings is 1. The van der Waals surface area contributed by atoms with E-state index < -0.39 is 35.5 Å². The number of carboxylic acid groups (broad SMARTS) is 2. The Kier molecular flexibility index (Phi) is 7.05. The van der Waals surface area contributed by atoms with Crippen LogP contribution in [0, 0.1) is 11.3 Å². The van der Waals surface area contributed by atoms with Crippen LogP contribution >= 0.6 is 0 Å². The number of aromatic nitrogens is 1. The molecular weight excluding hydrogens is 492 g/mol. The summed E-state index contributed by atoms with van der Waals surface area (Å²) in [5.41, 5.74) is 3.39. The lowest BCUT2D eigenvalue weighted by Gasteiger charge is -2.28. The second-order valence-corrected chi connectivity index (χ2v) is 9.50. The number of rotatable bonds is 11. The summed E-state index contributed by atoms with van der Waals surface area (Å²) in [6.45, 7) is 0.344. The van der Waals surface area contributed by atoms with E-state index in [4.69, 9.17) is 14.9 Å². The number of aliphatic carboxylic acids is 2. The predicted octanol–water partition coefficient (Wildman–Crippen LogP) is 3.85. The molecule has 1 aromatic heterocycles. The molecule has 2 aromatic rings. The number of nitrogens with two attached hydrogens (primary N) is 1.